The predicted molar refractivity (Wildman–Crippen MR) is 84.0 cm³/mol. The third-order valence-electron chi connectivity index (χ3n) is 2.90. The highest BCUT2D eigenvalue weighted by molar-refractivity contribution is 5.87. The van der Waals surface area contributed by atoms with Crippen LogP contribution in [0.3, 0.4) is 0 Å². The Morgan fingerprint density at radius 1 is 1.13 bits per heavy atom. The van der Waals surface area contributed by atoms with Gasteiger partial charge in [0, 0.05) is 18.8 Å². The second-order valence-electron chi connectivity index (χ2n) is 4.84. The van der Waals surface area contributed by atoms with Crippen LogP contribution in [0.1, 0.15) is 18.4 Å². The number of ether oxygens (including phenoxy) is 1. The van der Waals surface area contributed by atoms with E-state index < -0.39 is 24.1 Å². The number of nitrogen functional groups attached to an aromatic ring is 1. The van der Waals surface area contributed by atoms with Gasteiger partial charge in [-0.25, -0.2) is 14.4 Å². The van der Waals surface area contributed by atoms with Gasteiger partial charge >= 0.3 is 18.1 Å². The minimum atomic E-state index is -0.952. The number of alkyl carbamates (subject to hydrolysis) is 1. The van der Waals surface area contributed by atoms with Crippen molar-refractivity contribution in [2.24, 2.45) is 11.5 Å². The summed E-state index contributed by atoms with van der Waals surface area (Å²) in [5.41, 5.74) is 17.5. The molecule has 0 aliphatic carbocycles. The monoisotopic (exact) mass is 323 g/mol. The molecule has 1 aromatic rings. The van der Waals surface area contributed by atoms with Crippen LogP contribution in [-0.4, -0.2) is 30.7 Å². The van der Waals surface area contributed by atoms with Crippen LogP contribution < -0.4 is 27.8 Å². The van der Waals surface area contributed by atoms with E-state index in [-0.39, 0.29) is 13.0 Å². The molecule has 23 heavy (non-hydrogen) atoms. The highest BCUT2D eigenvalue weighted by atomic mass is 16.6. The molecule has 0 aromatic heterocycles. The predicted octanol–water partition coefficient (Wildman–Crippen LogP) is -0.203. The van der Waals surface area contributed by atoms with E-state index in [0.29, 0.717) is 18.7 Å². The molecule has 0 spiro atoms. The lowest BCUT2D eigenvalue weighted by Gasteiger charge is -2.11. The van der Waals surface area contributed by atoms with Gasteiger partial charge in [0.15, 0.2) is 0 Å². The van der Waals surface area contributed by atoms with Gasteiger partial charge in [0.05, 0.1) is 0 Å². The molecule has 0 aliphatic rings. The maximum atomic E-state index is 11.6. The second-order valence-corrected chi connectivity index (χ2v) is 4.84. The Kier molecular flexibility index (Phi) is 7.34. The summed E-state index contributed by atoms with van der Waals surface area (Å²) in [7, 11) is 0. The van der Waals surface area contributed by atoms with Gasteiger partial charge in [-0.15, -0.1) is 0 Å². The number of benzene rings is 1. The summed E-state index contributed by atoms with van der Waals surface area (Å²) in [4.78, 5) is 33.6. The van der Waals surface area contributed by atoms with E-state index >= 15 is 0 Å². The van der Waals surface area contributed by atoms with Crippen molar-refractivity contribution in [1.29, 1.82) is 0 Å². The normalized spacial score (nSPS) is 11.3. The van der Waals surface area contributed by atoms with Gasteiger partial charge in [0.25, 0.3) is 0 Å². The molecular formula is C14H21N5O4. The number of esters is 1. The molecule has 1 aromatic carbocycles. The topological polar surface area (TPSA) is 163 Å². The van der Waals surface area contributed by atoms with Crippen LogP contribution in [-0.2, 0) is 16.1 Å². The van der Waals surface area contributed by atoms with E-state index in [1.54, 1.807) is 24.3 Å². The molecule has 9 heteroatoms. The number of rotatable bonds is 7. The van der Waals surface area contributed by atoms with Crippen molar-refractivity contribution < 1.29 is 19.1 Å². The van der Waals surface area contributed by atoms with Crippen LogP contribution in [0.15, 0.2) is 24.3 Å². The van der Waals surface area contributed by atoms with Crippen molar-refractivity contribution in [2.75, 3.05) is 12.3 Å². The van der Waals surface area contributed by atoms with E-state index in [2.05, 4.69) is 15.4 Å². The molecule has 0 radical (unpaired) electrons. The molecule has 0 heterocycles. The fourth-order valence-electron chi connectivity index (χ4n) is 1.66. The molecule has 0 bridgehead atoms. The van der Waals surface area contributed by atoms with Crippen LogP contribution >= 0.6 is 0 Å². The van der Waals surface area contributed by atoms with Gasteiger partial charge in [-0.05, 0) is 30.5 Å². The van der Waals surface area contributed by atoms with Gasteiger partial charge in [0.1, 0.15) is 6.04 Å². The Balaban J connectivity index is 2.25. The maximum absolute atomic E-state index is 11.6. The van der Waals surface area contributed by atoms with Crippen LogP contribution in [0.4, 0.5) is 15.3 Å². The highest BCUT2D eigenvalue weighted by Crippen LogP contribution is 2.05. The van der Waals surface area contributed by atoms with Crippen molar-refractivity contribution >= 4 is 23.8 Å². The Morgan fingerprint density at radius 2 is 1.78 bits per heavy atom. The van der Waals surface area contributed by atoms with Crippen molar-refractivity contribution in [3.8, 4) is 0 Å². The molecule has 0 fully saturated rings. The number of nitrogens with two attached hydrogens (primary N) is 3. The molecule has 9 nitrogen and oxygen atoms in total. The SMILES string of the molecule is NC(=O)NCCC[C@H](N)C(=O)OC(=O)NCc1ccc(N)cc1. The molecular weight excluding hydrogens is 302 g/mol. The van der Waals surface area contributed by atoms with Gasteiger partial charge < -0.3 is 32.6 Å². The number of hydrogen-bond donors (Lipinski definition) is 5. The number of urea groups is 1. The Bertz CT molecular complexity index is 547. The number of hydrogen-bond acceptors (Lipinski definition) is 6. The van der Waals surface area contributed by atoms with E-state index in [0.717, 1.165) is 5.56 Å². The van der Waals surface area contributed by atoms with Gasteiger partial charge in [0.2, 0.25) is 0 Å². The maximum Gasteiger partial charge on any atom is 0.415 e. The summed E-state index contributed by atoms with van der Waals surface area (Å²) in [6, 6.07) is 5.28. The number of nitrogens with one attached hydrogen (secondary N) is 2. The summed E-state index contributed by atoms with van der Waals surface area (Å²) < 4.78 is 4.59. The molecule has 126 valence electrons. The first-order chi connectivity index (χ1) is 10.9. The Morgan fingerprint density at radius 3 is 2.39 bits per heavy atom. The first kappa shape index (κ1) is 18.2. The summed E-state index contributed by atoms with van der Waals surface area (Å²) in [5, 5.41) is 4.80. The first-order valence-corrected chi connectivity index (χ1v) is 7.01. The van der Waals surface area contributed by atoms with Crippen molar-refractivity contribution in [1.82, 2.24) is 10.6 Å². The lowest BCUT2D eigenvalue weighted by Crippen LogP contribution is -2.38. The van der Waals surface area contributed by atoms with Crippen LogP contribution in [0, 0.1) is 0 Å². The Hall–Kier alpha value is -2.81. The second kappa shape index (κ2) is 9.26. The van der Waals surface area contributed by atoms with Crippen LogP contribution in [0.2, 0.25) is 0 Å². The molecule has 0 saturated heterocycles. The average Bonchev–Trinajstić information content (AvgIpc) is 2.50. The van der Waals surface area contributed by atoms with Crippen LogP contribution in [0.5, 0.6) is 0 Å². The minimum Gasteiger partial charge on any atom is -0.399 e. The largest absolute Gasteiger partial charge is 0.415 e. The molecule has 8 N–H and O–H groups in total. The molecule has 1 atom stereocenters. The standard InChI is InChI=1S/C14H21N5O4/c15-10-5-3-9(4-6-10)8-19-14(22)23-12(20)11(16)2-1-7-18-13(17)21/h3-6,11H,1-2,7-8,15-16H2,(H,19,22)(H3,17,18,21)/t11-/m0/s1. The molecule has 0 unspecified atom stereocenters. The third-order valence-corrected chi connectivity index (χ3v) is 2.90. The van der Waals surface area contributed by atoms with Crippen molar-refractivity contribution in [3.05, 3.63) is 29.8 Å². The molecule has 0 aliphatic heterocycles. The van der Waals surface area contributed by atoms with Crippen molar-refractivity contribution in [2.45, 2.75) is 25.4 Å². The number of amides is 3. The highest BCUT2D eigenvalue weighted by Gasteiger charge is 2.18. The zero-order valence-electron chi connectivity index (χ0n) is 12.6. The average molecular weight is 323 g/mol. The summed E-state index contributed by atoms with van der Waals surface area (Å²) in [5.74, 6) is -0.834. The number of carbonyl (C=O) groups excluding carboxylic acids is 3. The summed E-state index contributed by atoms with van der Waals surface area (Å²) >= 11 is 0. The van der Waals surface area contributed by atoms with E-state index in [1.807, 2.05) is 0 Å². The minimum absolute atomic E-state index is 0.199. The zero-order chi connectivity index (χ0) is 17.2. The first-order valence-electron chi connectivity index (χ1n) is 7.01. The quantitative estimate of drug-likeness (QED) is 0.202. The lowest BCUT2D eigenvalue weighted by atomic mass is 10.2. The third kappa shape index (κ3) is 7.67. The Labute approximate surface area is 133 Å². The smallest absolute Gasteiger partial charge is 0.399 e. The summed E-state index contributed by atoms with van der Waals surface area (Å²) in [6.07, 6.45) is -0.186. The lowest BCUT2D eigenvalue weighted by molar-refractivity contribution is -0.139. The molecule has 0 saturated carbocycles. The van der Waals surface area contributed by atoms with Crippen molar-refractivity contribution in [3.63, 3.8) is 0 Å². The fourth-order valence-corrected chi connectivity index (χ4v) is 1.66. The van der Waals surface area contributed by atoms with E-state index in [9.17, 15) is 14.4 Å². The number of anilines is 1. The number of primary amides is 1. The number of carbonyl (C=O) groups is 3. The van der Waals surface area contributed by atoms with Crippen LogP contribution in [0.25, 0.3) is 0 Å². The van der Waals surface area contributed by atoms with E-state index in [1.165, 1.54) is 0 Å². The van der Waals surface area contributed by atoms with E-state index in [4.69, 9.17) is 17.2 Å². The molecule has 3 amide bonds. The van der Waals surface area contributed by atoms with Gasteiger partial charge in [-0.2, -0.15) is 0 Å². The fraction of sp³-hybridized carbons (Fsp3) is 0.357. The molecule has 1 rings (SSSR count). The van der Waals surface area contributed by atoms with Gasteiger partial charge in [-0.3, -0.25) is 0 Å². The van der Waals surface area contributed by atoms with Gasteiger partial charge in [-0.1, -0.05) is 12.1 Å². The zero-order valence-corrected chi connectivity index (χ0v) is 12.6. The summed E-state index contributed by atoms with van der Waals surface area (Å²) in [6.45, 7) is 0.490.